The number of aromatic nitrogens is 2. The zero-order valence-electron chi connectivity index (χ0n) is 14.9. The smallest absolute Gasteiger partial charge is 0.269 e. The van der Waals surface area contributed by atoms with E-state index < -0.39 is 5.91 Å². The van der Waals surface area contributed by atoms with E-state index in [1.165, 1.54) is 6.07 Å². The molecular formula is C18H22FN5O2. The van der Waals surface area contributed by atoms with Crippen LogP contribution in [0.3, 0.4) is 0 Å². The van der Waals surface area contributed by atoms with Gasteiger partial charge in [0.2, 0.25) is 5.91 Å². The van der Waals surface area contributed by atoms with Crippen LogP contribution < -0.4 is 5.32 Å². The Morgan fingerprint density at radius 2 is 1.96 bits per heavy atom. The highest BCUT2D eigenvalue weighted by Crippen LogP contribution is 2.20. The van der Waals surface area contributed by atoms with Crippen LogP contribution in [0.5, 0.6) is 0 Å². The Morgan fingerprint density at radius 3 is 2.65 bits per heavy atom. The van der Waals surface area contributed by atoms with Crippen molar-refractivity contribution in [3.8, 4) is 11.3 Å². The summed E-state index contributed by atoms with van der Waals surface area (Å²) in [7, 11) is 2.02. The number of carbonyl (C=O) groups is 2. The van der Waals surface area contributed by atoms with Crippen molar-refractivity contribution in [2.45, 2.75) is 6.92 Å². The van der Waals surface area contributed by atoms with Gasteiger partial charge < -0.3 is 15.1 Å². The van der Waals surface area contributed by atoms with Crippen LogP contribution in [-0.2, 0) is 4.79 Å². The van der Waals surface area contributed by atoms with Crippen molar-refractivity contribution >= 4 is 11.8 Å². The van der Waals surface area contributed by atoms with Crippen LogP contribution in [-0.4, -0.2) is 71.6 Å². The molecule has 0 saturated carbocycles. The number of likely N-dealkylation sites (N-methyl/N-ethyl adjacent to an activating group) is 1. The highest BCUT2D eigenvalue weighted by molar-refractivity contribution is 5.95. The van der Waals surface area contributed by atoms with E-state index in [9.17, 15) is 14.0 Å². The van der Waals surface area contributed by atoms with Crippen molar-refractivity contribution in [1.82, 2.24) is 25.3 Å². The molecule has 7 nitrogen and oxygen atoms in total. The third-order valence-electron chi connectivity index (χ3n) is 4.53. The molecule has 2 aromatic rings. The molecule has 0 unspecified atom stereocenters. The standard InChI is InChI=1S/C18H22FN5O2/c1-12-9-13(3-4-14(12)19)15-10-16(22-21-15)18(26)20-11-17(25)24-7-5-23(2)6-8-24/h3-4,9-10H,5-8,11H2,1-2H3,(H,20,26)(H,21,22). The zero-order valence-corrected chi connectivity index (χ0v) is 14.9. The molecule has 1 aliphatic heterocycles. The van der Waals surface area contributed by atoms with Gasteiger partial charge in [-0.25, -0.2) is 4.39 Å². The number of aryl methyl sites for hydroxylation is 1. The maximum atomic E-state index is 13.4. The van der Waals surface area contributed by atoms with Crippen molar-refractivity contribution in [2.75, 3.05) is 39.8 Å². The number of benzene rings is 1. The lowest BCUT2D eigenvalue weighted by atomic mass is 10.1. The number of hydrogen-bond donors (Lipinski definition) is 2. The second kappa shape index (κ2) is 7.65. The van der Waals surface area contributed by atoms with Crippen molar-refractivity contribution in [3.05, 3.63) is 41.3 Å². The maximum absolute atomic E-state index is 13.4. The molecule has 1 fully saturated rings. The first-order valence-corrected chi connectivity index (χ1v) is 8.50. The number of hydrogen-bond acceptors (Lipinski definition) is 4. The molecule has 8 heteroatoms. The summed E-state index contributed by atoms with van der Waals surface area (Å²) in [6.07, 6.45) is 0. The summed E-state index contributed by atoms with van der Waals surface area (Å²) in [4.78, 5) is 28.3. The molecule has 0 aliphatic carbocycles. The molecule has 2 amide bonds. The summed E-state index contributed by atoms with van der Waals surface area (Å²) < 4.78 is 13.4. The highest BCUT2D eigenvalue weighted by atomic mass is 19.1. The lowest BCUT2D eigenvalue weighted by Crippen LogP contribution is -2.50. The Balaban J connectivity index is 1.58. The predicted molar refractivity (Wildman–Crippen MR) is 95.1 cm³/mol. The molecule has 138 valence electrons. The minimum atomic E-state index is -0.398. The second-order valence-corrected chi connectivity index (χ2v) is 6.50. The third-order valence-corrected chi connectivity index (χ3v) is 4.53. The number of nitrogens with one attached hydrogen (secondary N) is 2. The van der Waals surface area contributed by atoms with Gasteiger partial charge in [-0.15, -0.1) is 0 Å². The minimum Gasteiger partial charge on any atom is -0.342 e. The molecule has 1 saturated heterocycles. The molecule has 0 spiro atoms. The van der Waals surface area contributed by atoms with Gasteiger partial charge in [0, 0.05) is 31.7 Å². The zero-order chi connectivity index (χ0) is 18.7. The Bertz CT molecular complexity index is 812. The van der Waals surface area contributed by atoms with Gasteiger partial charge in [0.1, 0.15) is 11.5 Å². The van der Waals surface area contributed by atoms with E-state index in [1.54, 1.807) is 30.0 Å². The topological polar surface area (TPSA) is 81.3 Å². The van der Waals surface area contributed by atoms with Crippen LogP contribution in [0.2, 0.25) is 0 Å². The van der Waals surface area contributed by atoms with Crippen molar-refractivity contribution in [2.24, 2.45) is 0 Å². The number of nitrogens with zero attached hydrogens (tertiary/aromatic N) is 3. The lowest BCUT2D eigenvalue weighted by molar-refractivity contribution is -0.131. The Hall–Kier alpha value is -2.74. The average Bonchev–Trinajstić information content (AvgIpc) is 3.12. The number of H-pyrrole nitrogens is 1. The van der Waals surface area contributed by atoms with Crippen LogP contribution in [0.4, 0.5) is 4.39 Å². The van der Waals surface area contributed by atoms with Gasteiger partial charge >= 0.3 is 0 Å². The Labute approximate surface area is 151 Å². The Morgan fingerprint density at radius 1 is 1.23 bits per heavy atom. The second-order valence-electron chi connectivity index (χ2n) is 6.50. The largest absolute Gasteiger partial charge is 0.342 e. The van der Waals surface area contributed by atoms with Crippen LogP contribution in [0, 0.1) is 12.7 Å². The molecule has 0 bridgehead atoms. The van der Waals surface area contributed by atoms with Gasteiger partial charge in [0.15, 0.2) is 0 Å². The van der Waals surface area contributed by atoms with E-state index >= 15 is 0 Å². The van der Waals surface area contributed by atoms with E-state index in [-0.39, 0.29) is 24.0 Å². The van der Waals surface area contributed by atoms with Gasteiger partial charge in [-0.3, -0.25) is 14.7 Å². The SMILES string of the molecule is Cc1cc(-c2cc(C(=O)NCC(=O)N3CCN(C)CC3)[nH]n2)ccc1F. The molecule has 1 aromatic heterocycles. The highest BCUT2D eigenvalue weighted by Gasteiger charge is 2.20. The third kappa shape index (κ3) is 4.08. The summed E-state index contributed by atoms with van der Waals surface area (Å²) in [6, 6.07) is 6.23. The predicted octanol–water partition coefficient (Wildman–Crippen LogP) is 1.03. The van der Waals surface area contributed by atoms with E-state index in [0.717, 1.165) is 13.1 Å². The van der Waals surface area contributed by atoms with Crippen LogP contribution in [0.25, 0.3) is 11.3 Å². The number of rotatable bonds is 4. The molecule has 2 N–H and O–H groups in total. The number of aromatic amines is 1. The first-order chi connectivity index (χ1) is 12.4. The van der Waals surface area contributed by atoms with Gasteiger partial charge in [0.25, 0.3) is 5.91 Å². The monoisotopic (exact) mass is 359 g/mol. The summed E-state index contributed by atoms with van der Waals surface area (Å²) in [5, 5.41) is 9.37. The van der Waals surface area contributed by atoms with E-state index in [2.05, 4.69) is 20.4 Å². The van der Waals surface area contributed by atoms with Crippen molar-refractivity contribution < 1.29 is 14.0 Å². The van der Waals surface area contributed by atoms with Crippen LogP contribution >= 0.6 is 0 Å². The summed E-state index contributed by atoms with van der Waals surface area (Å²) in [5.74, 6) is -0.782. The fourth-order valence-corrected chi connectivity index (χ4v) is 2.81. The fourth-order valence-electron chi connectivity index (χ4n) is 2.81. The Kier molecular flexibility index (Phi) is 5.32. The van der Waals surface area contributed by atoms with Crippen molar-refractivity contribution in [3.63, 3.8) is 0 Å². The molecular weight excluding hydrogens is 337 g/mol. The van der Waals surface area contributed by atoms with E-state index in [4.69, 9.17) is 0 Å². The van der Waals surface area contributed by atoms with Crippen LogP contribution in [0.1, 0.15) is 16.1 Å². The number of carbonyl (C=O) groups excluding carboxylic acids is 2. The number of halogens is 1. The van der Waals surface area contributed by atoms with Crippen molar-refractivity contribution in [1.29, 1.82) is 0 Å². The quantitative estimate of drug-likeness (QED) is 0.854. The van der Waals surface area contributed by atoms with Crippen LogP contribution in [0.15, 0.2) is 24.3 Å². The minimum absolute atomic E-state index is 0.0491. The molecule has 26 heavy (non-hydrogen) atoms. The lowest BCUT2D eigenvalue weighted by Gasteiger charge is -2.32. The van der Waals surface area contributed by atoms with Gasteiger partial charge in [0.05, 0.1) is 12.2 Å². The van der Waals surface area contributed by atoms with Gasteiger partial charge in [-0.05, 0) is 43.8 Å². The molecule has 1 aliphatic rings. The molecule has 3 rings (SSSR count). The molecule has 0 atom stereocenters. The van der Waals surface area contributed by atoms with E-state index in [1.807, 2.05) is 7.05 Å². The van der Waals surface area contributed by atoms with Gasteiger partial charge in [-0.1, -0.05) is 0 Å². The molecule has 0 radical (unpaired) electrons. The number of piperazine rings is 1. The maximum Gasteiger partial charge on any atom is 0.269 e. The first kappa shape index (κ1) is 18.1. The average molecular weight is 359 g/mol. The van der Waals surface area contributed by atoms with Gasteiger partial charge in [-0.2, -0.15) is 5.10 Å². The summed E-state index contributed by atoms with van der Waals surface area (Å²) in [5.41, 5.74) is 2.03. The summed E-state index contributed by atoms with van der Waals surface area (Å²) >= 11 is 0. The fraction of sp³-hybridized carbons (Fsp3) is 0.389. The molecule has 1 aromatic carbocycles. The number of amides is 2. The van der Waals surface area contributed by atoms with E-state index in [0.29, 0.717) is 29.9 Å². The molecule has 2 heterocycles. The first-order valence-electron chi connectivity index (χ1n) is 8.50. The normalized spacial score (nSPS) is 15.1. The summed E-state index contributed by atoms with van der Waals surface area (Å²) in [6.45, 7) is 4.63.